The van der Waals surface area contributed by atoms with E-state index in [0.29, 0.717) is 13.0 Å². The van der Waals surface area contributed by atoms with Crippen LogP contribution in [0.5, 0.6) is 5.75 Å². The van der Waals surface area contributed by atoms with Gasteiger partial charge in [-0.15, -0.1) is 13.2 Å². The first-order valence-electron chi connectivity index (χ1n) is 9.56. The van der Waals surface area contributed by atoms with Gasteiger partial charge < -0.3 is 9.30 Å². The molecule has 1 aromatic heterocycles. The van der Waals surface area contributed by atoms with Gasteiger partial charge >= 0.3 is 6.36 Å². The summed E-state index contributed by atoms with van der Waals surface area (Å²) in [5, 5.41) is 2.28. The number of benzene rings is 3. The summed E-state index contributed by atoms with van der Waals surface area (Å²) in [6.45, 7) is 0.791. The van der Waals surface area contributed by atoms with Crippen molar-refractivity contribution in [3.8, 4) is 5.75 Å². The number of para-hydroxylation sites is 2. The predicted octanol–water partition coefficient (Wildman–Crippen LogP) is 5.06. The van der Waals surface area contributed by atoms with Gasteiger partial charge in [0.15, 0.2) is 0 Å². The Morgan fingerprint density at radius 2 is 1.39 bits per heavy atom. The van der Waals surface area contributed by atoms with E-state index < -0.39 is 22.1 Å². The number of aryl methyl sites for hydroxylation is 1. The smallest absolute Gasteiger partial charge is 0.406 e. The van der Waals surface area contributed by atoms with E-state index in [9.17, 15) is 21.6 Å². The summed E-state index contributed by atoms with van der Waals surface area (Å²) in [5.41, 5.74) is 2.15. The zero-order valence-corrected chi connectivity index (χ0v) is 17.1. The van der Waals surface area contributed by atoms with Crippen molar-refractivity contribution in [2.24, 2.45) is 0 Å². The Bertz CT molecular complexity index is 1260. The number of sulfonamides is 1. The van der Waals surface area contributed by atoms with Gasteiger partial charge in [-0.25, -0.2) is 13.1 Å². The highest BCUT2D eigenvalue weighted by Crippen LogP contribution is 2.29. The van der Waals surface area contributed by atoms with Crippen molar-refractivity contribution in [2.75, 3.05) is 6.54 Å². The lowest BCUT2D eigenvalue weighted by Gasteiger charge is -2.11. The van der Waals surface area contributed by atoms with Crippen molar-refractivity contribution in [3.05, 3.63) is 72.8 Å². The summed E-state index contributed by atoms with van der Waals surface area (Å²) >= 11 is 0. The monoisotopic (exact) mass is 448 g/mol. The Labute approximate surface area is 177 Å². The third-order valence-corrected chi connectivity index (χ3v) is 6.37. The summed E-state index contributed by atoms with van der Waals surface area (Å²) in [7, 11) is -3.84. The fourth-order valence-corrected chi connectivity index (χ4v) is 4.67. The number of hydrogen-bond donors (Lipinski definition) is 1. The number of hydrogen-bond acceptors (Lipinski definition) is 3. The fourth-order valence-electron chi connectivity index (χ4n) is 3.59. The molecule has 9 heteroatoms. The summed E-state index contributed by atoms with van der Waals surface area (Å²) in [4.78, 5) is -0.126. The lowest BCUT2D eigenvalue weighted by atomic mass is 10.2. The molecule has 0 saturated heterocycles. The minimum Gasteiger partial charge on any atom is -0.406 e. The number of nitrogens with one attached hydrogen (secondary N) is 1. The zero-order valence-electron chi connectivity index (χ0n) is 16.3. The Morgan fingerprint density at radius 3 is 1.94 bits per heavy atom. The quantitative estimate of drug-likeness (QED) is 0.402. The number of alkyl halides is 3. The average molecular weight is 448 g/mol. The number of aromatic nitrogens is 1. The number of rotatable bonds is 7. The molecule has 0 bridgehead atoms. The van der Waals surface area contributed by atoms with Gasteiger partial charge in [0, 0.05) is 34.9 Å². The molecule has 3 aromatic carbocycles. The third-order valence-electron chi connectivity index (χ3n) is 4.90. The Balaban J connectivity index is 1.43. The zero-order chi connectivity index (χ0) is 22.1. The molecule has 0 atom stereocenters. The molecule has 0 fully saturated rings. The number of fused-ring (bicyclic) bond motifs is 3. The molecule has 31 heavy (non-hydrogen) atoms. The first kappa shape index (κ1) is 21.2. The second kappa shape index (κ2) is 8.24. The SMILES string of the molecule is O=S(=O)(NCCCn1c2ccccc2c2ccccc21)c1ccc(OC(F)(F)F)cc1. The maximum atomic E-state index is 12.4. The topological polar surface area (TPSA) is 60.3 Å². The van der Waals surface area contributed by atoms with E-state index in [-0.39, 0.29) is 11.4 Å². The second-order valence-corrected chi connectivity index (χ2v) is 8.72. The standard InChI is InChI=1S/C22H19F3N2O3S/c23-22(24,25)30-16-10-12-17(13-11-16)31(28,29)26-14-5-15-27-20-8-3-1-6-18(20)19-7-2-4-9-21(19)27/h1-4,6-13,26H,5,14-15H2. The van der Waals surface area contributed by atoms with E-state index in [1.54, 1.807) is 0 Å². The molecule has 1 heterocycles. The van der Waals surface area contributed by atoms with Crippen LogP contribution in [0.3, 0.4) is 0 Å². The first-order chi connectivity index (χ1) is 14.7. The fraction of sp³-hybridized carbons (Fsp3) is 0.182. The largest absolute Gasteiger partial charge is 0.573 e. The Hall–Kier alpha value is -3.04. The van der Waals surface area contributed by atoms with E-state index >= 15 is 0 Å². The van der Waals surface area contributed by atoms with E-state index in [1.165, 1.54) is 0 Å². The third kappa shape index (κ3) is 4.67. The van der Waals surface area contributed by atoms with Crippen LogP contribution >= 0.6 is 0 Å². The van der Waals surface area contributed by atoms with Crippen LogP contribution in [0.15, 0.2) is 77.7 Å². The first-order valence-corrected chi connectivity index (χ1v) is 11.0. The maximum absolute atomic E-state index is 12.4. The summed E-state index contributed by atoms with van der Waals surface area (Å²) in [6, 6.07) is 20.2. The van der Waals surface area contributed by atoms with Crippen LogP contribution in [0, 0.1) is 0 Å². The molecule has 5 nitrogen and oxygen atoms in total. The Morgan fingerprint density at radius 1 is 0.839 bits per heavy atom. The second-order valence-electron chi connectivity index (χ2n) is 6.96. The van der Waals surface area contributed by atoms with Crippen molar-refractivity contribution >= 4 is 31.8 Å². The van der Waals surface area contributed by atoms with Gasteiger partial charge in [-0.05, 0) is 42.8 Å². The van der Waals surface area contributed by atoms with Crippen molar-refractivity contribution in [1.82, 2.24) is 9.29 Å². The van der Waals surface area contributed by atoms with Crippen LogP contribution in [0.25, 0.3) is 21.8 Å². The van der Waals surface area contributed by atoms with Crippen molar-refractivity contribution in [2.45, 2.75) is 24.2 Å². The molecule has 0 aliphatic heterocycles. The van der Waals surface area contributed by atoms with Crippen LogP contribution < -0.4 is 9.46 Å². The average Bonchev–Trinajstić information content (AvgIpc) is 3.04. The molecule has 0 aliphatic rings. The minimum atomic E-state index is -4.83. The molecule has 0 saturated carbocycles. The molecular weight excluding hydrogens is 429 g/mol. The van der Waals surface area contributed by atoms with Gasteiger partial charge in [-0.1, -0.05) is 36.4 Å². The van der Waals surface area contributed by atoms with Crippen molar-refractivity contribution < 1.29 is 26.3 Å². The van der Waals surface area contributed by atoms with E-state index in [2.05, 4.69) is 26.2 Å². The highest BCUT2D eigenvalue weighted by Gasteiger charge is 2.31. The highest BCUT2D eigenvalue weighted by atomic mass is 32.2. The van der Waals surface area contributed by atoms with E-state index in [4.69, 9.17) is 0 Å². The molecule has 0 amide bonds. The van der Waals surface area contributed by atoms with Gasteiger partial charge in [-0.2, -0.15) is 0 Å². The van der Waals surface area contributed by atoms with E-state index in [0.717, 1.165) is 46.1 Å². The molecule has 0 aliphatic carbocycles. The van der Waals surface area contributed by atoms with Gasteiger partial charge in [-0.3, -0.25) is 0 Å². The van der Waals surface area contributed by atoms with Gasteiger partial charge in [0.05, 0.1) is 4.90 Å². The Kier molecular flexibility index (Phi) is 5.63. The molecule has 4 rings (SSSR count). The molecule has 4 aromatic rings. The highest BCUT2D eigenvalue weighted by molar-refractivity contribution is 7.89. The van der Waals surface area contributed by atoms with Crippen LogP contribution in [-0.4, -0.2) is 25.9 Å². The van der Waals surface area contributed by atoms with E-state index in [1.807, 2.05) is 36.4 Å². The lowest BCUT2D eigenvalue weighted by Crippen LogP contribution is -2.25. The predicted molar refractivity (Wildman–Crippen MR) is 112 cm³/mol. The van der Waals surface area contributed by atoms with Crippen LogP contribution in [0.1, 0.15) is 6.42 Å². The lowest BCUT2D eigenvalue weighted by molar-refractivity contribution is -0.274. The molecule has 0 radical (unpaired) electrons. The van der Waals surface area contributed by atoms with Gasteiger partial charge in [0.25, 0.3) is 0 Å². The number of halogens is 3. The maximum Gasteiger partial charge on any atom is 0.573 e. The molecule has 0 spiro atoms. The van der Waals surface area contributed by atoms with Crippen molar-refractivity contribution in [1.29, 1.82) is 0 Å². The minimum absolute atomic E-state index is 0.126. The van der Waals surface area contributed by atoms with Gasteiger partial charge in [0.1, 0.15) is 5.75 Å². The van der Waals surface area contributed by atoms with Crippen molar-refractivity contribution in [3.63, 3.8) is 0 Å². The molecule has 162 valence electrons. The number of nitrogens with zero attached hydrogens (tertiary/aromatic N) is 1. The molecular formula is C22H19F3N2O3S. The summed E-state index contributed by atoms with van der Waals surface area (Å²) < 4.78 is 70.0. The summed E-state index contributed by atoms with van der Waals surface area (Å²) in [5.74, 6) is -0.474. The molecule has 1 N–H and O–H groups in total. The number of ether oxygens (including phenoxy) is 1. The van der Waals surface area contributed by atoms with Crippen LogP contribution in [0.4, 0.5) is 13.2 Å². The van der Waals surface area contributed by atoms with Gasteiger partial charge in [0.2, 0.25) is 10.0 Å². The van der Waals surface area contributed by atoms with Crippen LogP contribution in [0.2, 0.25) is 0 Å². The molecule has 0 unspecified atom stereocenters. The van der Waals surface area contributed by atoms with Crippen LogP contribution in [-0.2, 0) is 16.6 Å². The summed E-state index contributed by atoms with van der Waals surface area (Å²) in [6.07, 6.45) is -4.29. The normalized spacial score (nSPS) is 12.5.